The zero-order valence-electron chi connectivity index (χ0n) is 16.1. The van der Waals surface area contributed by atoms with E-state index in [1.807, 2.05) is 12.1 Å². The Bertz CT molecular complexity index is 1110. The fraction of sp³-hybridized carbons (Fsp3) is 0.381. The number of aryl methyl sites for hydroxylation is 2. The molecule has 0 unspecified atom stereocenters. The number of nitrogens with zero attached hydrogens (tertiary/aromatic N) is 2. The number of thioether (sulfide) groups is 1. The number of halogens is 1. The first kappa shape index (κ1) is 20.8. The van der Waals surface area contributed by atoms with Crippen LogP contribution in [0.5, 0.6) is 0 Å². The summed E-state index contributed by atoms with van der Waals surface area (Å²) in [4.78, 5) is 32.8. The molecular weight excluding hydrogens is 472 g/mol. The van der Waals surface area contributed by atoms with Gasteiger partial charge in [0.1, 0.15) is 4.83 Å². The predicted octanol–water partition coefficient (Wildman–Crippen LogP) is 4.72. The van der Waals surface area contributed by atoms with Gasteiger partial charge in [-0.1, -0.05) is 39.8 Å². The van der Waals surface area contributed by atoms with Crippen LogP contribution in [-0.2, 0) is 24.1 Å². The number of thiophene rings is 1. The van der Waals surface area contributed by atoms with E-state index in [2.05, 4.69) is 15.9 Å². The molecule has 5 nitrogen and oxygen atoms in total. The fourth-order valence-corrected chi connectivity index (χ4v) is 6.05. The Morgan fingerprint density at radius 1 is 1.28 bits per heavy atom. The molecule has 0 fully saturated rings. The average molecular weight is 493 g/mol. The van der Waals surface area contributed by atoms with Crippen molar-refractivity contribution in [3.8, 4) is 0 Å². The molecule has 152 valence electrons. The largest absolute Gasteiger partial charge is 0.383 e. The lowest BCUT2D eigenvalue weighted by molar-refractivity contribution is 0.102. The molecule has 0 saturated carbocycles. The molecule has 1 aliphatic carbocycles. The van der Waals surface area contributed by atoms with Crippen molar-refractivity contribution in [3.05, 3.63) is 55.1 Å². The van der Waals surface area contributed by atoms with E-state index in [4.69, 9.17) is 9.72 Å². The van der Waals surface area contributed by atoms with Gasteiger partial charge in [0.2, 0.25) is 0 Å². The molecule has 0 spiro atoms. The summed E-state index contributed by atoms with van der Waals surface area (Å²) in [6, 6.07) is 7.31. The lowest BCUT2D eigenvalue weighted by atomic mass is 9.97. The Balaban J connectivity index is 1.67. The summed E-state index contributed by atoms with van der Waals surface area (Å²) in [7, 11) is 1.62. The molecule has 0 atom stereocenters. The van der Waals surface area contributed by atoms with E-state index in [-0.39, 0.29) is 17.1 Å². The molecular formula is C21H21BrN2O3S2. The molecule has 4 rings (SSSR count). The van der Waals surface area contributed by atoms with Gasteiger partial charge >= 0.3 is 0 Å². The maximum Gasteiger partial charge on any atom is 0.263 e. The van der Waals surface area contributed by atoms with Crippen LogP contribution in [0.4, 0.5) is 0 Å². The van der Waals surface area contributed by atoms with Crippen molar-refractivity contribution in [1.29, 1.82) is 0 Å². The van der Waals surface area contributed by atoms with Gasteiger partial charge in [-0.25, -0.2) is 4.98 Å². The molecule has 29 heavy (non-hydrogen) atoms. The highest BCUT2D eigenvalue weighted by atomic mass is 79.9. The summed E-state index contributed by atoms with van der Waals surface area (Å²) >= 11 is 6.34. The van der Waals surface area contributed by atoms with Crippen molar-refractivity contribution in [2.75, 3.05) is 19.5 Å². The van der Waals surface area contributed by atoms with E-state index >= 15 is 0 Å². The summed E-state index contributed by atoms with van der Waals surface area (Å²) in [6.07, 6.45) is 4.26. The second kappa shape index (κ2) is 9.12. The van der Waals surface area contributed by atoms with Crippen LogP contribution in [0.25, 0.3) is 10.2 Å². The molecule has 8 heteroatoms. The van der Waals surface area contributed by atoms with E-state index in [1.54, 1.807) is 35.1 Å². The topological polar surface area (TPSA) is 61.2 Å². The van der Waals surface area contributed by atoms with Crippen LogP contribution in [0.15, 0.2) is 38.7 Å². The minimum Gasteiger partial charge on any atom is -0.383 e. The zero-order chi connectivity index (χ0) is 20.4. The van der Waals surface area contributed by atoms with Gasteiger partial charge in [0.25, 0.3) is 5.56 Å². The Morgan fingerprint density at radius 2 is 2.03 bits per heavy atom. The van der Waals surface area contributed by atoms with Gasteiger partial charge < -0.3 is 4.74 Å². The minimum atomic E-state index is -0.00922. The molecule has 0 amide bonds. The molecule has 3 aromatic rings. The van der Waals surface area contributed by atoms with Crippen LogP contribution in [-0.4, -0.2) is 34.8 Å². The van der Waals surface area contributed by atoms with Gasteiger partial charge in [-0.15, -0.1) is 11.3 Å². The SMILES string of the molecule is COCCn1c(SCC(=O)c2ccc(Br)cc2)nc2sc3c(c2c1=O)CCCC3. The number of aromatic nitrogens is 2. The van der Waals surface area contributed by atoms with Crippen LogP contribution in [0.3, 0.4) is 0 Å². The maximum atomic E-state index is 13.3. The quantitative estimate of drug-likeness (QED) is 0.271. The zero-order valence-corrected chi connectivity index (χ0v) is 19.3. The molecule has 0 aliphatic heterocycles. The second-order valence-corrected chi connectivity index (χ2v) is 9.90. The highest BCUT2D eigenvalue weighted by Gasteiger charge is 2.22. The smallest absolute Gasteiger partial charge is 0.263 e. The standard InChI is InChI=1S/C21H21BrN2O3S2/c1-27-11-10-24-20(26)18-15-4-2-3-5-17(15)29-19(18)23-21(24)28-12-16(25)13-6-8-14(22)9-7-13/h6-9H,2-5,10-12H2,1H3. The van der Waals surface area contributed by atoms with E-state index in [0.717, 1.165) is 34.0 Å². The highest BCUT2D eigenvalue weighted by molar-refractivity contribution is 9.10. The Hall–Kier alpha value is -1.48. The third kappa shape index (κ3) is 4.35. The highest BCUT2D eigenvalue weighted by Crippen LogP contribution is 2.34. The molecule has 0 bridgehead atoms. The number of rotatable bonds is 7. The number of hydrogen-bond acceptors (Lipinski definition) is 6. The molecule has 0 saturated heterocycles. The number of carbonyl (C=O) groups is 1. The lowest BCUT2D eigenvalue weighted by Gasteiger charge is -2.13. The Morgan fingerprint density at radius 3 is 2.79 bits per heavy atom. The molecule has 0 radical (unpaired) electrons. The summed E-state index contributed by atoms with van der Waals surface area (Å²) < 4.78 is 7.81. The van der Waals surface area contributed by atoms with Gasteiger partial charge in [-0.2, -0.15) is 0 Å². The maximum absolute atomic E-state index is 13.3. The third-order valence-electron chi connectivity index (χ3n) is 5.06. The van der Waals surface area contributed by atoms with Crippen molar-refractivity contribution in [2.45, 2.75) is 37.4 Å². The number of hydrogen-bond donors (Lipinski definition) is 0. The number of fused-ring (bicyclic) bond motifs is 3. The minimum absolute atomic E-state index is 0.00922. The lowest BCUT2D eigenvalue weighted by Crippen LogP contribution is -2.26. The van der Waals surface area contributed by atoms with Crippen molar-refractivity contribution in [1.82, 2.24) is 9.55 Å². The van der Waals surface area contributed by atoms with Crippen molar-refractivity contribution in [3.63, 3.8) is 0 Å². The molecule has 2 aromatic heterocycles. The number of benzene rings is 1. The van der Waals surface area contributed by atoms with Crippen molar-refractivity contribution in [2.24, 2.45) is 0 Å². The van der Waals surface area contributed by atoms with Crippen LogP contribution in [0.2, 0.25) is 0 Å². The summed E-state index contributed by atoms with van der Waals surface area (Å²) in [5, 5.41) is 1.35. The van der Waals surface area contributed by atoms with Crippen LogP contribution >= 0.6 is 39.0 Å². The van der Waals surface area contributed by atoms with E-state index in [1.165, 1.54) is 28.6 Å². The van der Waals surface area contributed by atoms with Crippen molar-refractivity contribution < 1.29 is 9.53 Å². The fourth-order valence-electron chi connectivity index (χ4n) is 3.56. The summed E-state index contributed by atoms with van der Waals surface area (Å²) in [6.45, 7) is 0.853. The number of ketones is 1. The Labute approximate surface area is 185 Å². The molecule has 2 heterocycles. The van der Waals surface area contributed by atoms with E-state index in [9.17, 15) is 9.59 Å². The third-order valence-corrected chi connectivity index (χ3v) is 7.75. The number of methoxy groups -OCH3 is 1. The van der Waals surface area contributed by atoms with Gasteiger partial charge in [0, 0.05) is 22.0 Å². The van der Waals surface area contributed by atoms with Crippen LogP contribution in [0.1, 0.15) is 33.6 Å². The number of ether oxygens (including phenoxy) is 1. The van der Waals surface area contributed by atoms with Crippen molar-refractivity contribution >= 4 is 55.0 Å². The molecule has 1 aliphatic rings. The first-order valence-electron chi connectivity index (χ1n) is 9.54. The normalized spacial score (nSPS) is 13.6. The monoisotopic (exact) mass is 492 g/mol. The first-order valence-corrected chi connectivity index (χ1v) is 12.1. The first-order chi connectivity index (χ1) is 14.1. The molecule has 0 N–H and O–H groups in total. The average Bonchev–Trinajstić information content (AvgIpc) is 3.10. The van der Waals surface area contributed by atoms with Gasteiger partial charge in [0.05, 0.1) is 24.3 Å². The van der Waals surface area contributed by atoms with Gasteiger partial charge in [-0.3, -0.25) is 14.2 Å². The second-order valence-electron chi connectivity index (χ2n) is 6.95. The van der Waals surface area contributed by atoms with E-state index < -0.39 is 0 Å². The number of Topliss-reactive ketones (excluding diaryl/α,β-unsaturated/α-hetero) is 1. The number of carbonyl (C=O) groups excluding carboxylic acids is 1. The van der Waals surface area contributed by atoms with Crippen LogP contribution < -0.4 is 5.56 Å². The Kier molecular flexibility index (Phi) is 6.53. The van der Waals surface area contributed by atoms with Gasteiger partial charge in [0.15, 0.2) is 10.9 Å². The molecule has 1 aromatic carbocycles. The summed E-state index contributed by atoms with van der Waals surface area (Å²) in [5.41, 5.74) is 1.83. The predicted molar refractivity (Wildman–Crippen MR) is 122 cm³/mol. The van der Waals surface area contributed by atoms with Crippen LogP contribution in [0, 0.1) is 0 Å². The van der Waals surface area contributed by atoms with E-state index in [0.29, 0.717) is 23.9 Å². The van der Waals surface area contributed by atoms with Gasteiger partial charge in [-0.05, 0) is 43.4 Å². The summed E-state index contributed by atoms with van der Waals surface area (Å²) in [5.74, 6) is 0.248.